The maximum atomic E-state index is 13.2. The summed E-state index contributed by atoms with van der Waals surface area (Å²) < 4.78 is 42.6. The highest BCUT2D eigenvalue weighted by Crippen LogP contribution is 2.43. The van der Waals surface area contributed by atoms with Gasteiger partial charge in [0.15, 0.2) is 17.2 Å². The van der Waals surface area contributed by atoms with Crippen molar-refractivity contribution >= 4 is 27.2 Å². The van der Waals surface area contributed by atoms with E-state index in [0.29, 0.717) is 17.2 Å². The Morgan fingerprint density at radius 1 is 1.21 bits per heavy atom. The summed E-state index contributed by atoms with van der Waals surface area (Å²) in [5.74, 6) is 0.550. The first-order chi connectivity index (χ1) is 13.2. The number of fused-ring (bicyclic) bond motifs is 3. The number of alkyl halides is 3. The predicted molar refractivity (Wildman–Crippen MR) is 98.7 cm³/mol. The summed E-state index contributed by atoms with van der Waals surface area (Å²) in [6, 6.07) is 0.650. The lowest BCUT2D eigenvalue weighted by molar-refractivity contribution is -0.141. The van der Waals surface area contributed by atoms with Crippen molar-refractivity contribution in [2.75, 3.05) is 0 Å². The van der Waals surface area contributed by atoms with Crippen LogP contribution in [0.2, 0.25) is 0 Å². The zero-order chi connectivity index (χ0) is 19.8. The Bertz CT molecular complexity index is 1210. The molecule has 10 heteroatoms. The number of thiophene rings is 1. The smallest absolute Gasteiger partial charge is 0.258 e. The van der Waals surface area contributed by atoms with E-state index in [0.717, 1.165) is 39.6 Å². The summed E-state index contributed by atoms with van der Waals surface area (Å²) in [6.45, 7) is 5.83. The first kappa shape index (κ1) is 17.6. The summed E-state index contributed by atoms with van der Waals surface area (Å²) in [6.07, 6.45) is -1.11. The second kappa shape index (κ2) is 5.76. The standard InChI is InChI=1S/C18H17F3N6S/c1-8-10(3)28-17-14(8)16-23-15(25-26(16)7-22-17)9(2)27-12(11-4-5-11)6-13(24-27)18(19,20)21/h6-7,9,11H,4-5H2,1-3H3. The van der Waals surface area contributed by atoms with E-state index in [1.54, 1.807) is 29.1 Å². The predicted octanol–water partition coefficient (Wildman–Crippen LogP) is 4.66. The first-order valence-electron chi connectivity index (χ1n) is 9.01. The van der Waals surface area contributed by atoms with Crippen LogP contribution in [0.25, 0.3) is 15.9 Å². The summed E-state index contributed by atoms with van der Waals surface area (Å²) in [5.41, 5.74) is 1.51. The molecule has 5 rings (SSSR count). The molecule has 0 radical (unpaired) electrons. The average Bonchev–Trinajstić information content (AvgIpc) is 3.11. The van der Waals surface area contributed by atoms with Gasteiger partial charge in [0.25, 0.3) is 0 Å². The topological polar surface area (TPSA) is 60.9 Å². The Kier molecular flexibility index (Phi) is 3.62. The maximum Gasteiger partial charge on any atom is 0.435 e. The molecule has 0 aromatic carbocycles. The van der Waals surface area contributed by atoms with E-state index in [2.05, 4.69) is 20.2 Å². The molecule has 0 aliphatic heterocycles. The number of aromatic nitrogens is 6. The van der Waals surface area contributed by atoms with Gasteiger partial charge in [-0.2, -0.15) is 18.3 Å². The van der Waals surface area contributed by atoms with Crippen LogP contribution in [0.15, 0.2) is 12.4 Å². The SMILES string of the molecule is Cc1sc2ncn3nc(C(C)n4nc(C(F)(F)F)cc4C4CC4)nc3c2c1C. The largest absolute Gasteiger partial charge is 0.435 e. The summed E-state index contributed by atoms with van der Waals surface area (Å²) in [4.78, 5) is 11.1. The summed E-state index contributed by atoms with van der Waals surface area (Å²) >= 11 is 1.59. The minimum absolute atomic E-state index is 0.123. The molecule has 0 N–H and O–H groups in total. The van der Waals surface area contributed by atoms with Crippen LogP contribution < -0.4 is 0 Å². The van der Waals surface area contributed by atoms with Crippen molar-refractivity contribution in [1.29, 1.82) is 0 Å². The van der Waals surface area contributed by atoms with Gasteiger partial charge in [-0.05, 0) is 45.2 Å². The Labute approximate surface area is 162 Å². The van der Waals surface area contributed by atoms with Crippen molar-refractivity contribution in [1.82, 2.24) is 29.4 Å². The van der Waals surface area contributed by atoms with Crippen LogP contribution in [0.3, 0.4) is 0 Å². The fourth-order valence-electron chi connectivity index (χ4n) is 3.49. The van der Waals surface area contributed by atoms with Gasteiger partial charge >= 0.3 is 6.18 Å². The molecule has 1 aliphatic carbocycles. The molecule has 1 saturated carbocycles. The number of aryl methyl sites for hydroxylation is 2. The quantitative estimate of drug-likeness (QED) is 0.497. The Hall–Kier alpha value is -2.49. The van der Waals surface area contributed by atoms with Crippen LogP contribution in [0.4, 0.5) is 13.2 Å². The van der Waals surface area contributed by atoms with Crippen molar-refractivity contribution < 1.29 is 13.2 Å². The van der Waals surface area contributed by atoms with Crippen LogP contribution >= 0.6 is 11.3 Å². The molecule has 28 heavy (non-hydrogen) atoms. The molecule has 1 aliphatic rings. The minimum Gasteiger partial charge on any atom is -0.258 e. The van der Waals surface area contributed by atoms with E-state index in [1.807, 2.05) is 13.8 Å². The van der Waals surface area contributed by atoms with Gasteiger partial charge in [0.05, 0.1) is 5.39 Å². The molecule has 0 bridgehead atoms. The highest BCUT2D eigenvalue weighted by Gasteiger charge is 2.39. The average molecular weight is 406 g/mol. The van der Waals surface area contributed by atoms with Crippen molar-refractivity contribution in [2.45, 2.75) is 51.7 Å². The van der Waals surface area contributed by atoms with Gasteiger partial charge in [0.1, 0.15) is 17.2 Å². The Morgan fingerprint density at radius 3 is 2.64 bits per heavy atom. The zero-order valence-corrected chi connectivity index (χ0v) is 16.3. The van der Waals surface area contributed by atoms with Crippen molar-refractivity contribution in [2.24, 2.45) is 0 Å². The summed E-state index contributed by atoms with van der Waals surface area (Å²) in [5, 5.41) is 9.29. The first-order valence-corrected chi connectivity index (χ1v) is 9.83. The zero-order valence-electron chi connectivity index (χ0n) is 15.4. The van der Waals surface area contributed by atoms with E-state index in [-0.39, 0.29) is 5.92 Å². The molecule has 0 amide bonds. The van der Waals surface area contributed by atoms with Crippen LogP contribution in [0.1, 0.15) is 59.4 Å². The van der Waals surface area contributed by atoms with Crippen molar-refractivity contribution in [3.63, 3.8) is 0 Å². The molecule has 1 fully saturated rings. The monoisotopic (exact) mass is 406 g/mol. The molecule has 1 unspecified atom stereocenters. The highest BCUT2D eigenvalue weighted by molar-refractivity contribution is 7.18. The van der Waals surface area contributed by atoms with Gasteiger partial charge in [-0.15, -0.1) is 16.4 Å². The summed E-state index contributed by atoms with van der Waals surface area (Å²) in [7, 11) is 0. The van der Waals surface area contributed by atoms with E-state index in [9.17, 15) is 13.2 Å². The van der Waals surface area contributed by atoms with Crippen molar-refractivity contribution in [3.8, 4) is 0 Å². The lowest BCUT2D eigenvalue weighted by Gasteiger charge is -2.12. The third-order valence-electron chi connectivity index (χ3n) is 5.31. The van der Waals surface area contributed by atoms with Crippen molar-refractivity contribution in [3.05, 3.63) is 40.0 Å². The lowest BCUT2D eigenvalue weighted by atomic mass is 10.2. The van der Waals surface area contributed by atoms with Crippen LogP contribution in [-0.2, 0) is 6.18 Å². The molecule has 0 spiro atoms. The highest BCUT2D eigenvalue weighted by atomic mass is 32.1. The second-order valence-electron chi connectivity index (χ2n) is 7.29. The van der Waals surface area contributed by atoms with Gasteiger partial charge in [0.2, 0.25) is 0 Å². The van der Waals surface area contributed by atoms with E-state index in [4.69, 9.17) is 0 Å². The van der Waals surface area contributed by atoms with Gasteiger partial charge in [0, 0.05) is 16.5 Å². The molecule has 6 nitrogen and oxygen atoms in total. The fraction of sp³-hybridized carbons (Fsp3) is 0.444. The molecule has 1 atom stereocenters. The van der Waals surface area contributed by atoms with Crippen LogP contribution in [-0.4, -0.2) is 29.4 Å². The van der Waals surface area contributed by atoms with Gasteiger partial charge in [-0.3, -0.25) is 4.68 Å². The molecular weight excluding hydrogens is 389 g/mol. The molecule has 4 heterocycles. The van der Waals surface area contributed by atoms with Crippen LogP contribution in [0.5, 0.6) is 0 Å². The number of hydrogen-bond acceptors (Lipinski definition) is 5. The number of nitrogens with zero attached hydrogens (tertiary/aromatic N) is 6. The van der Waals surface area contributed by atoms with Crippen LogP contribution in [0, 0.1) is 13.8 Å². The molecule has 4 aromatic heterocycles. The van der Waals surface area contributed by atoms with Gasteiger partial charge in [-0.25, -0.2) is 14.5 Å². The third-order valence-corrected chi connectivity index (χ3v) is 6.43. The van der Waals surface area contributed by atoms with Gasteiger partial charge < -0.3 is 0 Å². The third kappa shape index (κ3) is 2.61. The minimum atomic E-state index is -4.47. The molecular formula is C18H17F3N6S. The Morgan fingerprint density at radius 2 is 1.96 bits per heavy atom. The molecule has 4 aromatic rings. The fourth-order valence-corrected chi connectivity index (χ4v) is 4.48. The molecule has 146 valence electrons. The number of hydrogen-bond donors (Lipinski definition) is 0. The Balaban J connectivity index is 1.64. The van der Waals surface area contributed by atoms with E-state index >= 15 is 0 Å². The number of halogens is 3. The molecule has 0 saturated heterocycles. The second-order valence-corrected chi connectivity index (χ2v) is 8.50. The lowest BCUT2D eigenvalue weighted by Crippen LogP contribution is -2.15. The van der Waals surface area contributed by atoms with Gasteiger partial charge in [-0.1, -0.05) is 0 Å². The normalized spacial score (nSPS) is 16.4. The van der Waals surface area contributed by atoms with E-state index < -0.39 is 17.9 Å². The van der Waals surface area contributed by atoms with E-state index in [1.165, 1.54) is 4.68 Å². The number of rotatable bonds is 3. The maximum absolute atomic E-state index is 13.2.